The smallest absolute Gasteiger partial charge is 0.252 e. The summed E-state index contributed by atoms with van der Waals surface area (Å²) in [4.78, 5) is 12.0. The fourth-order valence-corrected chi connectivity index (χ4v) is 3.52. The zero-order chi connectivity index (χ0) is 20.5. The molecule has 28 heavy (non-hydrogen) atoms. The van der Waals surface area contributed by atoms with Gasteiger partial charge in [0.2, 0.25) is 10.0 Å². The number of primary amides is 1. The fourth-order valence-electron chi connectivity index (χ4n) is 2.88. The Hall–Kier alpha value is -2.87. The van der Waals surface area contributed by atoms with E-state index in [0.29, 0.717) is 21.9 Å². The van der Waals surface area contributed by atoms with Crippen LogP contribution in [0.1, 0.15) is 10.4 Å². The first-order valence-electron chi connectivity index (χ1n) is 8.11. The number of hydrogen-bond donors (Lipinski definition) is 2. The van der Waals surface area contributed by atoms with Gasteiger partial charge in [0.15, 0.2) is 0 Å². The molecule has 0 bridgehead atoms. The van der Waals surface area contributed by atoms with E-state index in [1.54, 1.807) is 30.3 Å². The molecule has 4 N–H and O–H groups in total. The highest BCUT2D eigenvalue weighted by molar-refractivity contribution is 7.89. The summed E-state index contributed by atoms with van der Waals surface area (Å²) in [6.07, 6.45) is 0. The first-order valence-corrected chi connectivity index (χ1v) is 10.0. The van der Waals surface area contributed by atoms with Gasteiger partial charge in [-0.1, -0.05) is 35.9 Å². The maximum Gasteiger partial charge on any atom is 0.252 e. The second-order valence-electron chi connectivity index (χ2n) is 6.05. The fraction of sp³-hybridized carbons (Fsp3) is 0.0500. The molecule has 3 aromatic carbocycles. The Morgan fingerprint density at radius 1 is 0.929 bits per heavy atom. The van der Waals surface area contributed by atoms with Gasteiger partial charge in [-0.25, -0.2) is 13.6 Å². The molecule has 8 heteroatoms. The summed E-state index contributed by atoms with van der Waals surface area (Å²) in [5.41, 5.74) is 8.55. The predicted octanol–water partition coefficient (Wildman–Crippen LogP) is 3.43. The van der Waals surface area contributed by atoms with Crippen molar-refractivity contribution in [2.75, 3.05) is 7.11 Å². The van der Waals surface area contributed by atoms with E-state index in [9.17, 15) is 13.2 Å². The monoisotopic (exact) mass is 416 g/mol. The van der Waals surface area contributed by atoms with Crippen LogP contribution < -0.4 is 15.6 Å². The summed E-state index contributed by atoms with van der Waals surface area (Å²) < 4.78 is 28.4. The van der Waals surface area contributed by atoms with Crippen molar-refractivity contribution in [3.63, 3.8) is 0 Å². The van der Waals surface area contributed by atoms with Crippen molar-refractivity contribution in [1.29, 1.82) is 0 Å². The maximum atomic E-state index is 12.0. The first kappa shape index (κ1) is 19.9. The highest BCUT2D eigenvalue weighted by atomic mass is 35.5. The average Bonchev–Trinajstić information content (AvgIpc) is 2.67. The lowest BCUT2D eigenvalue weighted by Gasteiger charge is -2.15. The van der Waals surface area contributed by atoms with Gasteiger partial charge >= 0.3 is 0 Å². The van der Waals surface area contributed by atoms with Crippen LogP contribution in [0.4, 0.5) is 0 Å². The van der Waals surface area contributed by atoms with E-state index >= 15 is 0 Å². The number of carbonyl (C=O) groups is 1. The van der Waals surface area contributed by atoms with Gasteiger partial charge in [0.1, 0.15) is 5.75 Å². The van der Waals surface area contributed by atoms with Crippen LogP contribution in [0.2, 0.25) is 5.02 Å². The lowest BCUT2D eigenvalue weighted by molar-refractivity contribution is 0.0997. The molecule has 0 aliphatic heterocycles. The first-order chi connectivity index (χ1) is 13.2. The number of hydrogen-bond acceptors (Lipinski definition) is 4. The van der Waals surface area contributed by atoms with Crippen LogP contribution in [0.25, 0.3) is 22.3 Å². The standard InChI is InChI=1S/C20H17ClN2O4S/c1-27-19-17(13-4-8-16(9-5-13)28(23,25)26)10-14(11-18(19)20(22)24)12-2-6-15(21)7-3-12/h2-11H,1H3,(H2,22,24)(H2,23,25,26). The molecule has 0 aliphatic rings. The van der Waals surface area contributed by atoms with Crippen molar-refractivity contribution in [3.05, 3.63) is 71.2 Å². The minimum atomic E-state index is -3.81. The normalized spacial score (nSPS) is 11.2. The minimum absolute atomic E-state index is 0.0146. The van der Waals surface area contributed by atoms with Crippen molar-refractivity contribution < 1.29 is 17.9 Å². The van der Waals surface area contributed by atoms with E-state index in [1.165, 1.54) is 19.2 Å². The Morgan fingerprint density at radius 3 is 2.00 bits per heavy atom. The van der Waals surface area contributed by atoms with E-state index in [-0.39, 0.29) is 10.5 Å². The zero-order valence-electron chi connectivity index (χ0n) is 14.8. The molecule has 0 spiro atoms. The van der Waals surface area contributed by atoms with Crippen LogP contribution >= 0.6 is 11.6 Å². The summed E-state index contributed by atoms with van der Waals surface area (Å²) >= 11 is 5.95. The summed E-state index contributed by atoms with van der Waals surface area (Å²) in [5.74, 6) is -0.344. The molecule has 0 heterocycles. The Labute approximate surface area is 167 Å². The molecule has 0 aliphatic carbocycles. The molecule has 0 radical (unpaired) electrons. The van der Waals surface area contributed by atoms with Gasteiger partial charge < -0.3 is 10.5 Å². The van der Waals surface area contributed by atoms with Crippen LogP contribution in [0.5, 0.6) is 5.75 Å². The topological polar surface area (TPSA) is 112 Å². The Kier molecular flexibility index (Phi) is 5.42. The van der Waals surface area contributed by atoms with Crippen molar-refractivity contribution >= 4 is 27.5 Å². The molecule has 0 fully saturated rings. The lowest BCUT2D eigenvalue weighted by atomic mass is 9.94. The SMILES string of the molecule is COc1c(C(N)=O)cc(-c2ccc(Cl)cc2)cc1-c1ccc(S(N)(=O)=O)cc1. The van der Waals surface area contributed by atoms with E-state index in [0.717, 1.165) is 11.1 Å². The van der Waals surface area contributed by atoms with Crippen LogP contribution in [0.15, 0.2) is 65.6 Å². The number of ether oxygens (including phenoxy) is 1. The average molecular weight is 417 g/mol. The van der Waals surface area contributed by atoms with E-state index in [2.05, 4.69) is 0 Å². The van der Waals surface area contributed by atoms with Crippen molar-refractivity contribution in [1.82, 2.24) is 0 Å². The number of carbonyl (C=O) groups excluding carboxylic acids is 1. The maximum absolute atomic E-state index is 12.0. The summed E-state index contributed by atoms with van der Waals surface area (Å²) in [6, 6.07) is 16.6. The van der Waals surface area contributed by atoms with Crippen molar-refractivity contribution in [2.45, 2.75) is 4.90 Å². The summed E-state index contributed by atoms with van der Waals surface area (Å²) in [5, 5.41) is 5.74. The molecule has 144 valence electrons. The number of methoxy groups -OCH3 is 1. The van der Waals surface area contributed by atoms with E-state index in [4.69, 9.17) is 27.2 Å². The molecule has 0 saturated heterocycles. The molecular formula is C20H17ClN2O4S. The quantitative estimate of drug-likeness (QED) is 0.663. The number of amides is 1. The van der Waals surface area contributed by atoms with Gasteiger partial charge in [-0.3, -0.25) is 4.79 Å². The largest absolute Gasteiger partial charge is 0.495 e. The van der Waals surface area contributed by atoms with Crippen LogP contribution in [-0.4, -0.2) is 21.4 Å². The van der Waals surface area contributed by atoms with E-state index < -0.39 is 15.9 Å². The van der Waals surface area contributed by atoms with Gasteiger partial charge in [-0.2, -0.15) is 0 Å². The molecule has 0 unspecified atom stereocenters. The van der Waals surface area contributed by atoms with Crippen molar-refractivity contribution in [2.24, 2.45) is 10.9 Å². The third-order valence-electron chi connectivity index (χ3n) is 4.23. The van der Waals surface area contributed by atoms with Gasteiger partial charge in [-0.15, -0.1) is 0 Å². The molecule has 6 nitrogen and oxygen atoms in total. The highest BCUT2D eigenvalue weighted by Crippen LogP contribution is 2.38. The number of nitrogens with two attached hydrogens (primary N) is 2. The van der Waals surface area contributed by atoms with E-state index in [1.807, 2.05) is 18.2 Å². The second kappa shape index (κ2) is 7.63. The van der Waals surface area contributed by atoms with Gasteiger partial charge in [0, 0.05) is 10.6 Å². The van der Waals surface area contributed by atoms with Crippen LogP contribution in [0, 0.1) is 0 Å². The minimum Gasteiger partial charge on any atom is -0.495 e. The lowest BCUT2D eigenvalue weighted by Crippen LogP contribution is -2.13. The molecule has 0 saturated carbocycles. The molecule has 1 amide bonds. The molecule has 3 aromatic rings. The number of sulfonamides is 1. The zero-order valence-corrected chi connectivity index (χ0v) is 16.4. The molecule has 0 atom stereocenters. The summed E-state index contributed by atoms with van der Waals surface area (Å²) in [6.45, 7) is 0. The van der Waals surface area contributed by atoms with Gasteiger partial charge in [0.05, 0.1) is 17.6 Å². The molecule has 3 rings (SSSR count). The molecule has 0 aromatic heterocycles. The van der Waals surface area contributed by atoms with Gasteiger partial charge in [-0.05, 0) is 53.1 Å². The van der Waals surface area contributed by atoms with Gasteiger partial charge in [0.25, 0.3) is 5.91 Å². The van der Waals surface area contributed by atoms with Crippen LogP contribution in [0.3, 0.4) is 0 Å². The third-order valence-corrected chi connectivity index (χ3v) is 5.41. The summed E-state index contributed by atoms with van der Waals surface area (Å²) in [7, 11) is -2.38. The predicted molar refractivity (Wildman–Crippen MR) is 109 cm³/mol. The highest BCUT2D eigenvalue weighted by Gasteiger charge is 2.18. The number of rotatable bonds is 5. The van der Waals surface area contributed by atoms with Crippen molar-refractivity contribution in [3.8, 4) is 28.0 Å². The Bertz CT molecular complexity index is 1140. The third kappa shape index (κ3) is 4.01. The van der Waals surface area contributed by atoms with Crippen LogP contribution in [-0.2, 0) is 10.0 Å². The second-order valence-corrected chi connectivity index (χ2v) is 8.04. The number of primary sulfonamides is 1. The molecular weight excluding hydrogens is 400 g/mol. The number of benzene rings is 3. The Balaban J connectivity index is 2.23. The Morgan fingerprint density at radius 2 is 1.50 bits per heavy atom. The number of halogens is 1.